The number of methoxy groups -OCH3 is 1. The number of amides is 1. The predicted molar refractivity (Wildman–Crippen MR) is 128 cm³/mol. The molecule has 1 aliphatic carbocycles. The van der Waals surface area contributed by atoms with Crippen LogP contribution in [-0.2, 0) is 9.53 Å². The first-order chi connectivity index (χ1) is 13.6. The van der Waals surface area contributed by atoms with Crippen molar-refractivity contribution in [1.82, 2.24) is 20.0 Å². The van der Waals surface area contributed by atoms with Gasteiger partial charge >= 0.3 is 0 Å². The zero-order valence-electron chi connectivity index (χ0n) is 18.5. The lowest BCUT2D eigenvalue weighted by molar-refractivity contribution is -0.130. The van der Waals surface area contributed by atoms with E-state index in [1.165, 1.54) is 25.7 Å². The van der Waals surface area contributed by atoms with Gasteiger partial charge in [-0.25, -0.2) is 0 Å². The molecule has 8 heteroatoms. The normalized spacial score (nSPS) is 23.8. The van der Waals surface area contributed by atoms with E-state index in [0.29, 0.717) is 6.10 Å². The molecule has 2 heterocycles. The summed E-state index contributed by atoms with van der Waals surface area (Å²) in [7, 11) is 1.84. The highest BCUT2D eigenvalue weighted by molar-refractivity contribution is 14.0. The smallest absolute Gasteiger partial charge is 0.219 e. The number of hydrogen-bond donors (Lipinski definition) is 1. The second-order valence-corrected chi connectivity index (χ2v) is 8.52. The Labute approximate surface area is 193 Å². The lowest BCUT2D eigenvalue weighted by Gasteiger charge is -2.44. The summed E-state index contributed by atoms with van der Waals surface area (Å²) >= 11 is 0. The Hall–Kier alpha value is -0.610. The standard InChI is InChI=1S/C21H39N5O2.HI/c1-4-22-20(25-15-13-24(14-16-25)18(2)27)23-17-21(9-5-6-10-21)26-11-7-19(28-3)8-12-26;/h19H,4-17H2,1-3H3,(H,22,23);1H. The van der Waals surface area contributed by atoms with Crippen molar-refractivity contribution >= 4 is 35.8 Å². The molecular weight excluding hydrogens is 481 g/mol. The van der Waals surface area contributed by atoms with Gasteiger partial charge in [0.05, 0.1) is 12.6 Å². The van der Waals surface area contributed by atoms with E-state index in [9.17, 15) is 4.79 Å². The van der Waals surface area contributed by atoms with Crippen LogP contribution in [0.25, 0.3) is 0 Å². The van der Waals surface area contributed by atoms with Crippen molar-refractivity contribution in [3.63, 3.8) is 0 Å². The highest BCUT2D eigenvalue weighted by Gasteiger charge is 2.41. The van der Waals surface area contributed by atoms with E-state index in [4.69, 9.17) is 9.73 Å². The Morgan fingerprint density at radius 2 is 1.66 bits per heavy atom. The van der Waals surface area contributed by atoms with Gasteiger partial charge in [0.2, 0.25) is 5.91 Å². The molecule has 2 aliphatic heterocycles. The summed E-state index contributed by atoms with van der Waals surface area (Å²) in [5.74, 6) is 1.19. The summed E-state index contributed by atoms with van der Waals surface area (Å²) in [6.07, 6.45) is 7.83. The third kappa shape index (κ3) is 6.19. The van der Waals surface area contributed by atoms with Crippen LogP contribution in [0.15, 0.2) is 4.99 Å². The first-order valence-electron chi connectivity index (χ1n) is 11.1. The maximum absolute atomic E-state index is 11.6. The maximum atomic E-state index is 11.6. The summed E-state index contributed by atoms with van der Waals surface area (Å²) in [5, 5.41) is 3.49. The molecule has 2 saturated heterocycles. The minimum Gasteiger partial charge on any atom is -0.381 e. The number of piperazine rings is 1. The van der Waals surface area contributed by atoms with Crippen LogP contribution >= 0.6 is 24.0 Å². The molecule has 1 N–H and O–H groups in total. The van der Waals surface area contributed by atoms with Crippen LogP contribution in [0, 0.1) is 0 Å². The van der Waals surface area contributed by atoms with Gasteiger partial charge in [0.15, 0.2) is 5.96 Å². The quantitative estimate of drug-likeness (QED) is 0.342. The van der Waals surface area contributed by atoms with Crippen molar-refractivity contribution in [2.24, 2.45) is 4.99 Å². The van der Waals surface area contributed by atoms with Crippen LogP contribution in [0.2, 0.25) is 0 Å². The van der Waals surface area contributed by atoms with Gasteiger partial charge in [0.1, 0.15) is 0 Å². The molecule has 0 unspecified atom stereocenters. The molecule has 3 rings (SSSR count). The van der Waals surface area contributed by atoms with Crippen LogP contribution < -0.4 is 5.32 Å². The molecule has 29 heavy (non-hydrogen) atoms. The van der Waals surface area contributed by atoms with Crippen LogP contribution in [-0.4, -0.2) is 97.7 Å². The molecule has 1 saturated carbocycles. The fourth-order valence-electron chi connectivity index (χ4n) is 5.05. The zero-order chi connectivity index (χ0) is 20.0. The highest BCUT2D eigenvalue weighted by Crippen LogP contribution is 2.37. The van der Waals surface area contributed by atoms with Crippen molar-refractivity contribution in [1.29, 1.82) is 0 Å². The second kappa shape index (κ2) is 11.7. The first-order valence-corrected chi connectivity index (χ1v) is 11.1. The van der Waals surface area contributed by atoms with Gasteiger partial charge in [-0.15, -0.1) is 24.0 Å². The van der Waals surface area contributed by atoms with Crippen LogP contribution in [0.5, 0.6) is 0 Å². The SMILES string of the molecule is CCNC(=NCC1(N2CCC(OC)CC2)CCCC1)N1CCN(C(C)=O)CC1.I. The zero-order valence-corrected chi connectivity index (χ0v) is 20.8. The Balaban J connectivity index is 0.00000300. The average Bonchev–Trinajstić information content (AvgIpc) is 3.21. The molecular formula is C21H40IN5O2. The van der Waals surface area contributed by atoms with Crippen molar-refractivity contribution < 1.29 is 9.53 Å². The van der Waals surface area contributed by atoms with Crippen molar-refractivity contribution in [2.45, 2.75) is 64.0 Å². The topological polar surface area (TPSA) is 60.4 Å². The molecule has 3 aliphatic rings. The van der Waals surface area contributed by atoms with Crippen LogP contribution in [0.3, 0.4) is 0 Å². The van der Waals surface area contributed by atoms with Crippen molar-refractivity contribution in [2.75, 3.05) is 59.5 Å². The van der Waals surface area contributed by atoms with E-state index in [0.717, 1.165) is 71.2 Å². The maximum Gasteiger partial charge on any atom is 0.219 e. The molecule has 0 bridgehead atoms. The van der Waals surface area contributed by atoms with E-state index in [1.807, 2.05) is 12.0 Å². The molecule has 0 atom stereocenters. The van der Waals surface area contributed by atoms with Gasteiger partial charge < -0.3 is 19.9 Å². The molecule has 0 radical (unpaired) electrons. The summed E-state index contributed by atoms with van der Waals surface area (Å²) in [4.78, 5) is 23.7. The monoisotopic (exact) mass is 521 g/mol. The molecule has 3 fully saturated rings. The molecule has 168 valence electrons. The minimum absolute atomic E-state index is 0. The lowest BCUT2D eigenvalue weighted by atomic mass is 9.91. The van der Waals surface area contributed by atoms with Gasteiger partial charge in [0, 0.05) is 65.4 Å². The van der Waals surface area contributed by atoms with E-state index in [-0.39, 0.29) is 35.4 Å². The number of halogens is 1. The number of guanidine groups is 1. The average molecular weight is 521 g/mol. The van der Waals surface area contributed by atoms with Gasteiger partial charge in [-0.2, -0.15) is 0 Å². The highest BCUT2D eigenvalue weighted by atomic mass is 127. The van der Waals surface area contributed by atoms with Gasteiger partial charge in [-0.05, 0) is 32.6 Å². The number of carbonyl (C=O) groups excluding carboxylic acids is 1. The molecule has 0 aromatic carbocycles. The van der Waals surface area contributed by atoms with E-state index >= 15 is 0 Å². The molecule has 0 aromatic heterocycles. The number of ether oxygens (including phenoxy) is 1. The summed E-state index contributed by atoms with van der Waals surface area (Å²) < 4.78 is 5.57. The number of rotatable bonds is 5. The fraction of sp³-hybridized carbons (Fsp3) is 0.905. The Bertz CT molecular complexity index is 537. The van der Waals surface area contributed by atoms with Crippen molar-refractivity contribution in [3.05, 3.63) is 0 Å². The molecule has 7 nitrogen and oxygen atoms in total. The van der Waals surface area contributed by atoms with Gasteiger partial charge in [-0.1, -0.05) is 12.8 Å². The fourth-order valence-corrected chi connectivity index (χ4v) is 5.05. The first kappa shape index (κ1) is 24.7. The summed E-state index contributed by atoms with van der Waals surface area (Å²) in [5.41, 5.74) is 0.223. The summed E-state index contributed by atoms with van der Waals surface area (Å²) in [6, 6.07) is 0. The predicted octanol–water partition coefficient (Wildman–Crippen LogP) is 2.16. The van der Waals surface area contributed by atoms with E-state index in [1.54, 1.807) is 6.92 Å². The van der Waals surface area contributed by atoms with Gasteiger partial charge in [-0.3, -0.25) is 14.7 Å². The largest absolute Gasteiger partial charge is 0.381 e. The number of aliphatic imine (C=N–C) groups is 1. The van der Waals surface area contributed by atoms with Gasteiger partial charge in [0.25, 0.3) is 0 Å². The Morgan fingerprint density at radius 3 is 2.17 bits per heavy atom. The number of nitrogens with one attached hydrogen (secondary N) is 1. The Kier molecular flexibility index (Phi) is 9.94. The van der Waals surface area contributed by atoms with Crippen LogP contribution in [0.4, 0.5) is 0 Å². The molecule has 1 amide bonds. The van der Waals surface area contributed by atoms with E-state index < -0.39 is 0 Å². The second-order valence-electron chi connectivity index (χ2n) is 8.52. The summed E-state index contributed by atoms with van der Waals surface area (Å²) in [6.45, 7) is 11.1. The third-order valence-corrected chi connectivity index (χ3v) is 6.86. The number of hydrogen-bond acceptors (Lipinski definition) is 4. The number of carbonyl (C=O) groups is 1. The van der Waals surface area contributed by atoms with Crippen LogP contribution in [0.1, 0.15) is 52.4 Å². The number of likely N-dealkylation sites (tertiary alicyclic amines) is 1. The number of nitrogens with zero attached hydrogens (tertiary/aromatic N) is 4. The lowest BCUT2D eigenvalue weighted by Crippen LogP contribution is -2.55. The van der Waals surface area contributed by atoms with Crippen molar-refractivity contribution in [3.8, 4) is 0 Å². The Morgan fingerprint density at radius 1 is 1.07 bits per heavy atom. The molecule has 0 spiro atoms. The third-order valence-electron chi connectivity index (χ3n) is 6.86. The minimum atomic E-state index is 0. The number of piperidine rings is 1. The molecule has 0 aromatic rings. The van der Waals surface area contributed by atoms with E-state index in [2.05, 4.69) is 22.0 Å².